The fourth-order valence-electron chi connectivity index (χ4n) is 3.33. The van der Waals surface area contributed by atoms with Gasteiger partial charge in [-0.15, -0.1) is 0 Å². The molecule has 152 valence electrons. The summed E-state index contributed by atoms with van der Waals surface area (Å²) in [4.78, 5) is 25.4. The van der Waals surface area contributed by atoms with E-state index in [-0.39, 0.29) is 60.8 Å². The third-order valence-electron chi connectivity index (χ3n) is 4.87. The molecule has 2 aromatic rings. The fourth-order valence-corrected chi connectivity index (χ4v) is 3.56. The van der Waals surface area contributed by atoms with E-state index in [1.165, 1.54) is 17.0 Å². The molecule has 2 heterocycles. The van der Waals surface area contributed by atoms with Crippen LogP contribution in [0.25, 0.3) is 0 Å². The summed E-state index contributed by atoms with van der Waals surface area (Å²) in [5.74, 6) is -3.51. The van der Waals surface area contributed by atoms with Gasteiger partial charge in [0, 0.05) is 37.1 Å². The zero-order valence-electron chi connectivity index (χ0n) is 15.0. The SMILES string of the molecule is O=C1COc2cc(F)c(C(=O)N3CC(COc4ccc(F)cc4Cl)C3)c(F)c2C1. The van der Waals surface area contributed by atoms with Crippen LogP contribution in [0, 0.1) is 23.4 Å². The van der Waals surface area contributed by atoms with Crippen LogP contribution in [-0.2, 0) is 11.2 Å². The molecule has 29 heavy (non-hydrogen) atoms. The summed E-state index contributed by atoms with van der Waals surface area (Å²) in [6, 6.07) is 4.69. The Bertz CT molecular complexity index is 1010. The first kappa shape index (κ1) is 19.6. The lowest BCUT2D eigenvalue weighted by Crippen LogP contribution is -2.52. The summed E-state index contributed by atoms with van der Waals surface area (Å²) in [5, 5.41) is 0.132. The molecule has 0 spiro atoms. The highest BCUT2D eigenvalue weighted by atomic mass is 35.5. The van der Waals surface area contributed by atoms with Crippen LogP contribution < -0.4 is 9.47 Å². The quantitative estimate of drug-likeness (QED) is 0.753. The molecule has 4 rings (SSSR count). The standard InChI is InChI=1S/C20H15ClF3NO4/c21-14-3-11(22)1-2-16(14)28-8-10-6-25(7-10)20(27)18-15(23)5-17-13(19(18)24)4-12(26)9-29-17/h1-3,5,10H,4,6-9H2. The van der Waals surface area contributed by atoms with Crippen LogP contribution in [0.5, 0.6) is 11.5 Å². The molecule has 0 N–H and O–H groups in total. The molecule has 5 nitrogen and oxygen atoms in total. The minimum Gasteiger partial charge on any atom is -0.492 e. The molecule has 0 atom stereocenters. The molecule has 1 fully saturated rings. The van der Waals surface area contributed by atoms with E-state index in [1.54, 1.807) is 0 Å². The molecule has 1 amide bonds. The summed E-state index contributed by atoms with van der Waals surface area (Å²) in [6.07, 6.45) is -0.239. The molecular weight excluding hydrogens is 411 g/mol. The minimum absolute atomic E-state index is 0.0535. The molecule has 1 saturated heterocycles. The summed E-state index contributed by atoms with van der Waals surface area (Å²) >= 11 is 5.89. The molecule has 2 aliphatic heterocycles. The van der Waals surface area contributed by atoms with Crippen molar-refractivity contribution in [2.75, 3.05) is 26.3 Å². The van der Waals surface area contributed by atoms with Gasteiger partial charge in [-0.05, 0) is 18.2 Å². The highest BCUT2D eigenvalue weighted by Crippen LogP contribution is 2.32. The van der Waals surface area contributed by atoms with Crippen molar-refractivity contribution in [3.05, 3.63) is 57.9 Å². The number of ether oxygens (including phenoxy) is 2. The van der Waals surface area contributed by atoms with E-state index in [4.69, 9.17) is 21.1 Å². The average Bonchev–Trinajstić information content (AvgIpc) is 2.62. The lowest BCUT2D eigenvalue weighted by atomic mass is 9.96. The molecular formula is C20H15ClF3NO4. The lowest BCUT2D eigenvalue weighted by Gasteiger charge is -2.39. The molecule has 0 aromatic heterocycles. The molecule has 0 unspecified atom stereocenters. The first-order chi connectivity index (χ1) is 13.8. The van der Waals surface area contributed by atoms with Crippen molar-refractivity contribution in [2.45, 2.75) is 6.42 Å². The van der Waals surface area contributed by atoms with Gasteiger partial charge in [-0.3, -0.25) is 9.59 Å². The number of hydrogen-bond acceptors (Lipinski definition) is 4. The van der Waals surface area contributed by atoms with Crippen LogP contribution in [-0.4, -0.2) is 42.9 Å². The number of likely N-dealkylation sites (tertiary alicyclic amines) is 1. The van der Waals surface area contributed by atoms with Gasteiger partial charge in [0.05, 0.1) is 11.6 Å². The Labute approximate surface area is 169 Å². The van der Waals surface area contributed by atoms with Gasteiger partial charge >= 0.3 is 0 Å². The molecule has 2 aromatic carbocycles. The van der Waals surface area contributed by atoms with Gasteiger partial charge in [-0.25, -0.2) is 13.2 Å². The third-order valence-corrected chi connectivity index (χ3v) is 5.16. The maximum atomic E-state index is 14.7. The zero-order valence-corrected chi connectivity index (χ0v) is 15.8. The van der Waals surface area contributed by atoms with Crippen LogP contribution in [0.1, 0.15) is 15.9 Å². The van der Waals surface area contributed by atoms with Crippen molar-refractivity contribution >= 4 is 23.3 Å². The molecule has 0 saturated carbocycles. The zero-order chi connectivity index (χ0) is 20.7. The van der Waals surface area contributed by atoms with Gasteiger partial charge < -0.3 is 14.4 Å². The van der Waals surface area contributed by atoms with Crippen LogP contribution in [0.4, 0.5) is 13.2 Å². The first-order valence-electron chi connectivity index (χ1n) is 8.86. The number of benzene rings is 2. The van der Waals surface area contributed by atoms with E-state index in [0.717, 1.165) is 12.1 Å². The van der Waals surface area contributed by atoms with Crippen molar-refractivity contribution in [1.82, 2.24) is 4.90 Å². The van der Waals surface area contributed by atoms with Crippen LogP contribution in [0.15, 0.2) is 24.3 Å². The predicted octanol–water partition coefficient (Wildman–Crippen LogP) is 3.41. The van der Waals surface area contributed by atoms with Gasteiger partial charge in [0.2, 0.25) is 0 Å². The highest BCUT2D eigenvalue weighted by molar-refractivity contribution is 6.32. The smallest absolute Gasteiger partial charge is 0.259 e. The Morgan fingerprint density at radius 1 is 1.24 bits per heavy atom. The first-order valence-corrected chi connectivity index (χ1v) is 9.23. The van der Waals surface area contributed by atoms with Gasteiger partial charge in [-0.1, -0.05) is 11.6 Å². The Hall–Kier alpha value is -2.74. The summed E-state index contributed by atoms with van der Waals surface area (Å²) < 4.78 is 52.6. The van der Waals surface area contributed by atoms with Gasteiger partial charge in [0.15, 0.2) is 5.78 Å². The van der Waals surface area contributed by atoms with E-state index in [0.29, 0.717) is 5.75 Å². The number of nitrogens with zero attached hydrogens (tertiary/aromatic N) is 1. The van der Waals surface area contributed by atoms with Gasteiger partial charge in [0.1, 0.15) is 41.1 Å². The monoisotopic (exact) mass is 425 g/mol. The minimum atomic E-state index is -1.06. The Morgan fingerprint density at radius 3 is 2.72 bits per heavy atom. The number of halogens is 4. The molecule has 9 heteroatoms. The van der Waals surface area contributed by atoms with Crippen molar-refractivity contribution < 1.29 is 32.2 Å². The largest absolute Gasteiger partial charge is 0.492 e. The molecule has 0 aliphatic carbocycles. The van der Waals surface area contributed by atoms with Gasteiger partial charge in [0.25, 0.3) is 5.91 Å². The lowest BCUT2D eigenvalue weighted by molar-refractivity contribution is -0.121. The van der Waals surface area contributed by atoms with Crippen LogP contribution >= 0.6 is 11.6 Å². The summed E-state index contributed by atoms with van der Waals surface area (Å²) in [5.41, 5.74) is -0.791. The van der Waals surface area contributed by atoms with E-state index in [1.807, 2.05) is 0 Å². The third kappa shape index (κ3) is 3.76. The number of amides is 1. The Balaban J connectivity index is 1.41. The molecule has 2 aliphatic rings. The Kier molecular flexibility index (Phi) is 5.12. The van der Waals surface area contributed by atoms with E-state index >= 15 is 0 Å². The summed E-state index contributed by atoms with van der Waals surface area (Å²) in [7, 11) is 0. The molecule has 0 radical (unpaired) electrons. The number of ketones is 1. The number of fused-ring (bicyclic) bond motifs is 1. The maximum Gasteiger partial charge on any atom is 0.259 e. The van der Waals surface area contributed by atoms with Crippen molar-refractivity contribution in [2.24, 2.45) is 5.92 Å². The van der Waals surface area contributed by atoms with Gasteiger partial charge in [-0.2, -0.15) is 0 Å². The molecule has 0 bridgehead atoms. The van der Waals surface area contributed by atoms with Crippen LogP contribution in [0.3, 0.4) is 0 Å². The number of Topliss-reactive ketones (excluding diaryl/α,β-unsaturated/α-hetero) is 1. The number of rotatable bonds is 4. The van der Waals surface area contributed by atoms with E-state index in [2.05, 4.69) is 0 Å². The normalized spacial score (nSPS) is 16.1. The predicted molar refractivity (Wildman–Crippen MR) is 96.9 cm³/mol. The van der Waals surface area contributed by atoms with E-state index in [9.17, 15) is 22.8 Å². The Morgan fingerprint density at radius 2 is 2.00 bits per heavy atom. The maximum absolute atomic E-state index is 14.7. The second-order valence-electron chi connectivity index (χ2n) is 6.99. The summed E-state index contributed by atoms with van der Waals surface area (Å²) in [6.45, 7) is 0.448. The average molecular weight is 426 g/mol. The number of carbonyl (C=O) groups is 2. The van der Waals surface area contributed by atoms with E-state index < -0.39 is 28.9 Å². The van der Waals surface area contributed by atoms with Crippen molar-refractivity contribution in [3.8, 4) is 11.5 Å². The fraction of sp³-hybridized carbons (Fsp3) is 0.300. The number of carbonyl (C=O) groups excluding carboxylic acids is 2. The number of hydrogen-bond donors (Lipinski definition) is 0. The second kappa shape index (κ2) is 7.59. The van der Waals surface area contributed by atoms with Crippen molar-refractivity contribution in [1.29, 1.82) is 0 Å². The topological polar surface area (TPSA) is 55.8 Å². The van der Waals surface area contributed by atoms with Crippen LogP contribution in [0.2, 0.25) is 5.02 Å². The van der Waals surface area contributed by atoms with Crippen molar-refractivity contribution in [3.63, 3.8) is 0 Å². The highest BCUT2D eigenvalue weighted by Gasteiger charge is 2.36. The second-order valence-corrected chi connectivity index (χ2v) is 7.40.